The van der Waals surface area contributed by atoms with Crippen molar-refractivity contribution in [3.05, 3.63) is 28.8 Å². The van der Waals surface area contributed by atoms with Gasteiger partial charge in [-0.3, -0.25) is 0 Å². The van der Waals surface area contributed by atoms with Crippen molar-refractivity contribution in [3.63, 3.8) is 0 Å². The molecule has 1 aromatic rings. The van der Waals surface area contributed by atoms with Gasteiger partial charge in [0.25, 0.3) is 0 Å². The molecule has 1 fully saturated rings. The molecule has 0 radical (unpaired) electrons. The van der Waals surface area contributed by atoms with Crippen LogP contribution in [0, 0.1) is 0 Å². The summed E-state index contributed by atoms with van der Waals surface area (Å²) in [6, 6.07) is 6.18. The first kappa shape index (κ1) is 15.6. The van der Waals surface area contributed by atoms with E-state index in [2.05, 4.69) is 26.1 Å². The van der Waals surface area contributed by atoms with Gasteiger partial charge in [0.05, 0.1) is 12.2 Å². The summed E-state index contributed by atoms with van der Waals surface area (Å²) in [5, 5.41) is 3.94. The van der Waals surface area contributed by atoms with Crippen LogP contribution in [-0.2, 0) is 4.74 Å². The Kier molecular flexibility index (Phi) is 5.30. The molecule has 112 valence electrons. The van der Waals surface area contributed by atoms with E-state index in [4.69, 9.17) is 21.1 Å². The zero-order valence-corrected chi connectivity index (χ0v) is 13.4. The Bertz CT molecular complexity index is 442. The third-order valence-electron chi connectivity index (χ3n) is 3.83. The number of benzene rings is 1. The Labute approximate surface area is 126 Å². The quantitative estimate of drug-likeness (QED) is 0.912. The fourth-order valence-electron chi connectivity index (χ4n) is 2.72. The Morgan fingerprint density at radius 1 is 1.30 bits per heavy atom. The number of ether oxygens (including phenoxy) is 2. The normalized spacial score (nSPS) is 28.1. The zero-order valence-electron chi connectivity index (χ0n) is 12.7. The zero-order chi connectivity index (χ0) is 14.7. The maximum atomic E-state index is 6.33. The second kappa shape index (κ2) is 6.79. The van der Waals surface area contributed by atoms with Crippen molar-refractivity contribution in [3.8, 4) is 5.75 Å². The average molecular weight is 298 g/mol. The fraction of sp³-hybridized carbons (Fsp3) is 0.625. The molecule has 2 rings (SSSR count). The molecule has 4 heteroatoms. The molecule has 1 saturated heterocycles. The van der Waals surface area contributed by atoms with Gasteiger partial charge in [-0.15, -0.1) is 0 Å². The molecule has 1 aliphatic rings. The monoisotopic (exact) mass is 297 g/mol. The van der Waals surface area contributed by atoms with Gasteiger partial charge in [-0.1, -0.05) is 17.7 Å². The van der Waals surface area contributed by atoms with Crippen LogP contribution >= 0.6 is 11.6 Å². The number of halogens is 1. The van der Waals surface area contributed by atoms with Crippen LogP contribution < -0.4 is 10.1 Å². The van der Waals surface area contributed by atoms with Crippen LogP contribution in [0.25, 0.3) is 0 Å². The van der Waals surface area contributed by atoms with E-state index in [1.165, 1.54) is 0 Å². The Hall–Kier alpha value is -0.770. The number of hydrogen-bond donors (Lipinski definition) is 1. The standard InChI is InChI=1S/C16H24ClNO2/c1-10-7-14(8-11(2)19-10)20-13-5-6-15(12(3)18-4)16(17)9-13/h5-6,9-12,14,18H,7-8H2,1-4H3. The van der Waals surface area contributed by atoms with E-state index < -0.39 is 0 Å². The molecule has 0 spiro atoms. The van der Waals surface area contributed by atoms with E-state index in [0.29, 0.717) is 0 Å². The van der Waals surface area contributed by atoms with Crippen molar-refractivity contribution < 1.29 is 9.47 Å². The van der Waals surface area contributed by atoms with E-state index in [-0.39, 0.29) is 24.4 Å². The first-order valence-electron chi connectivity index (χ1n) is 7.28. The highest BCUT2D eigenvalue weighted by Gasteiger charge is 2.26. The van der Waals surface area contributed by atoms with Crippen LogP contribution in [0.15, 0.2) is 18.2 Å². The summed E-state index contributed by atoms with van der Waals surface area (Å²) in [5.74, 6) is 0.841. The molecule has 3 nitrogen and oxygen atoms in total. The number of rotatable bonds is 4. The van der Waals surface area contributed by atoms with Gasteiger partial charge in [-0.25, -0.2) is 0 Å². The molecule has 20 heavy (non-hydrogen) atoms. The summed E-state index contributed by atoms with van der Waals surface area (Å²) in [7, 11) is 1.93. The summed E-state index contributed by atoms with van der Waals surface area (Å²) in [6.45, 7) is 6.27. The summed E-state index contributed by atoms with van der Waals surface area (Å²) in [5.41, 5.74) is 1.09. The molecule has 0 bridgehead atoms. The first-order chi connectivity index (χ1) is 9.49. The second-order valence-electron chi connectivity index (χ2n) is 5.66. The third-order valence-corrected chi connectivity index (χ3v) is 4.16. The summed E-state index contributed by atoms with van der Waals surface area (Å²) >= 11 is 6.33. The minimum Gasteiger partial charge on any atom is -0.490 e. The lowest BCUT2D eigenvalue weighted by molar-refractivity contribution is -0.0721. The van der Waals surface area contributed by atoms with Gasteiger partial charge in [0.2, 0.25) is 0 Å². The maximum absolute atomic E-state index is 6.33. The van der Waals surface area contributed by atoms with Gasteiger partial charge in [0.1, 0.15) is 11.9 Å². The highest BCUT2D eigenvalue weighted by molar-refractivity contribution is 6.31. The Morgan fingerprint density at radius 3 is 2.50 bits per heavy atom. The van der Waals surface area contributed by atoms with Crippen LogP contribution in [0.2, 0.25) is 5.02 Å². The molecule has 0 amide bonds. The van der Waals surface area contributed by atoms with Crippen LogP contribution in [0.5, 0.6) is 5.75 Å². The molecule has 0 saturated carbocycles. The topological polar surface area (TPSA) is 30.5 Å². The predicted molar refractivity (Wildman–Crippen MR) is 82.6 cm³/mol. The molecular formula is C16H24ClNO2. The van der Waals surface area contributed by atoms with Gasteiger partial charge in [-0.2, -0.15) is 0 Å². The molecule has 0 aromatic heterocycles. The van der Waals surface area contributed by atoms with Crippen LogP contribution in [0.4, 0.5) is 0 Å². The van der Waals surface area contributed by atoms with Gasteiger partial charge < -0.3 is 14.8 Å². The van der Waals surface area contributed by atoms with Crippen molar-refractivity contribution in [2.24, 2.45) is 0 Å². The molecule has 1 aliphatic heterocycles. The van der Waals surface area contributed by atoms with Gasteiger partial charge in [0, 0.05) is 23.9 Å². The molecule has 1 N–H and O–H groups in total. The summed E-state index contributed by atoms with van der Waals surface area (Å²) in [4.78, 5) is 0. The van der Waals surface area contributed by atoms with E-state index in [0.717, 1.165) is 29.2 Å². The van der Waals surface area contributed by atoms with Crippen molar-refractivity contribution in [1.29, 1.82) is 0 Å². The number of hydrogen-bond acceptors (Lipinski definition) is 3. The van der Waals surface area contributed by atoms with E-state index in [9.17, 15) is 0 Å². The first-order valence-corrected chi connectivity index (χ1v) is 7.66. The summed E-state index contributed by atoms with van der Waals surface area (Å²) in [6.07, 6.45) is 2.57. The van der Waals surface area contributed by atoms with Crippen molar-refractivity contribution in [2.75, 3.05) is 7.05 Å². The number of nitrogens with one attached hydrogen (secondary N) is 1. The Balaban J connectivity index is 2.05. The lowest BCUT2D eigenvalue weighted by Gasteiger charge is -2.32. The van der Waals surface area contributed by atoms with Crippen LogP contribution in [0.1, 0.15) is 45.2 Å². The van der Waals surface area contributed by atoms with E-state index >= 15 is 0 Å². The molecule has 3 atom stereocenters. The fourth-order valence-corrected chi connectivity index (χ4v) is 3.06. The molecule has 3 unspecified atom stereocenters. The van der Waals surface area contributed by atoms with Gasteiger partial charge in [0.15, 0.2) is 0 Å². The second-order valence-corrected chi connectivity index (χ2v) is 6.07. The third kappa shape index (κ3) is 3.87. The maximum Gasteiger partial charge on any atom is 0.121 e. The summed E-state index contributed by atoms with van der Waals surface area (Å²) < 4.78 is 11.8. The molecular weight excluding hydrogens is 274 g/mol. The Morgan fingerprint density at radius 2 is 1.95 bits per heavy atom. The van der Waals surface area contributed by atoms with Gasteiger partial charge >= 0.3 is 0 Å². The average Bonchev–Trinajstić information content (AvgIpc) is 2.36. The highest BCUT2D eigenvalue weighted by Crippen LogP contribution is 2.30. The largest absolute Gasteiger partial charge is 0.490 e. The van der Waals surface area contributed by atoms with Crippen molar-refractivity contribution in [2.45, 2.75) is 58.0 Å². The van der Waals surface area contributed by atoms with Crippen molar-refractivity contribution >= 4 is 11.6 Å². The van der Waals surface area contributed by atoms with E-state index in [1.807, 2.05) is 25.2 Å². The lowest BCUT2D eigenvalue weighted by Crippen LogP contribution is -2.35. The molecule has 1 heterocycles. The van der Waals surface area contributed by atoms with Gasteiger partial charge in [-0.05, 0) is 45.5 Å². The molecule has 0 aliphatic carbocycles. The molecule has 1 aromatic carbocycles. The van der Waals surface area contributed by atoms with Crippen molar-refractivity contribution in [1.82, 2.24) is 5.32 Å². The van der Waals surface area contributed by atoms with E-state index in [1.54, 1.807) is 0 Å². The minimum absolute atomic E-state index is 0.206. The van der Waals surface area contributed by atoms with Crippen LogP contribution in [-0.4, -0.2) is 25.4 Å². The minimum atomic E-state index is 0.206. The smallest absolute Gasteiger partial charge is 0.121 e. The highest BCUT2D eigenvalue weighted by atomic mass is 35.5. The predicted octanol–water partition coefficient (Wildman–Crippen LogP) is 3.96. The lowest BCUT2D eigenvalue weighted by atomic mass is 10.0. The van der Waals surface area contributed by atoms with Crippen LogP contribution in [0.3, 0.4) is 0 Å². The SMILES string of the molecule is CNC(C)c1ccc(OC2CC(C)OC(C)C2)cc1Cl.